The van der Waals surface area contributed by atoms with Crippen molar-refractivity contribution in [3.63, 3.8) is 0 Å². The third kappa shape index (κ3) is 1.67. The minimum Gasteiger partial charge on any atom is -0.263 e. The normalized spacial score (nSPS) is 9.17. The lowest BCUT2D eigenvalue weighted by Gasteiger charge is -1.86. The lowest BCUT2D eigenvalue weighted by Crippen LogP contribution is -1.96. The number of aromatic nitrogens is 1. The zero-order valence-electron chi connectivity index (χ0n) is 7.24. The number of nitrogens with zero attached hydrogens (tertiary/aromatic N) is 1. The summed E-state index contributed by atoms with van der Waals surface area (Å²) >= 11 is 1.63. The second-order valence-electron chi connectivity index (χ2n) is 2.06. The van der Waals surface area contributed by atoms with Gasteiger partial charge in [-0.2, -0.15) is 0 Å². The number of pyridine rings is 1. The molecule has 0 saturated heterocycles. The zero-order chi connectivity index (χ0) is 8.97. The van der Waals surface area contributed by atoms with Gasteiger partial charge < -0.3 is 0 Å². The zero-order valence-corrected chi connectivity index (χ0v) is 8.06. The first-order valence-corrected chi connectivity index (χ1v) is 4.82. The summed E-state index contributed by atoms with van der Waals surface area (Å²) in [6, 6.07) is 1.93. The monoisotopic (exact) mass is 175 g/mol. The van der Waals surface area contributed by atoms with E-state index >= 15 is 0 Å². The fraction of sp³-hybridized carbons (Fsp3) is 0.222. The molecule has 2 heterocycles. The lowest BCUT2D eigenvalue weighted by molar-refractivity contribution is 1.37. The molecular formula is C9H10BNS. The predicted molar refractivity (Wildman–Crippen MR) is 56.4 cm³/mol. The van der Waals surface area contributed by atoms with Gasteiger partial charge in [0.1, 0.15) is 7.85 Å². The maximum atomic E-state index is 5.66. The molecule has 1 nitrogen and oxygen atoms in total. The summed E-state index contributed by atoms with van der Waals surface area (Å²) in [5.74, 6) is 0. The van der Waals surface area contributed by atoms with Gasteiger partial charge in [0.05, 0.1) is 4.70 Å². The molecule has 0 aliphatic carbocycles. The molecule has 0 fully saturated rings. The molecular weight excluding hydrogens is 165 g/mol. The van der Waals surface area contributed by atoms with E-state index in [9.17, 15) is 0 Å². The Kier molecular flexibility index (Phi) is 3.29. The van der Waals surface area contributed by atoms with Crippen molar-refractivity contribution in [3.8, 4) is 0 Å². The largest absolute Gasteiger partial charge is 0.263 e. The first-order chi connectivity index (χ1) is 5.88. The molecule has 0 N–H and O–H groups in total. The van der Waals surface area contributed by atoms with Crippen molar-refractivity contribution in [1.29, 1.82) is 0 Å². The van der Waals surface area contributed by atoms with Gasteiger partial charge in [-0.15, -0.1) is 11.3 Å². The molecule has 2 aromatic rings. The highest BCUT2D eigenvalue weighted by Crippen LogP contribution is 2.15. The van der Waals surface area contributed by atoms with Crippen molar-refractivity contribution in [2.45, 2.75) is 13.8 Å². The van der Waals surface area contributed by atoms with Crippen molar-refractivity contribution >= 4 is 34.7 Å². The van der Waals surface area contributed by atoms with Crippen LogP contribution in [0, 0.1) is 0 Å². The van der Waals surface area contributed by atoms with Crippen LogP contribution in [0.4, 0.5) is 0 Å². The molecule has 2 rings (SSSR count). The van der Waals surface area contributed by atoms with E-state index in [4.69, 9.17) is 7.85 Å². The highest BCUT2D eigenvalue weighted by Gasteiger charge is 1.95. The van der Waals surface area contributed by atoms with Gasteiger partial charge in [0.2, 0.25) is 0 Å². The Morgan fingerprint density at radius 3 is 2.83 bits per heavy atom. The van der Waals surface area contributed by atoms with E-state index in [-0.39, 0.29) is 0 Å². The van der Waals surface area contributed by atoms with Crippen LogP contribution in [0.1, 0.15) is 13.8 Å². The number of hydrogen-bond donors (Lipinski definition) is 0. The maximum Gasteiger partial charge on any atom is 0.115 e. The van der Waals surface area contributed by atoms with Gasteiger partial charge in [-0.1, -0.05) is 19.3 Å². The average Bonchev–Trinajstić information content (AvgIpc) is 2.53. The summed E-state index contributed by atoms with van der Waals surface area (Å²) in [5, 5.41) is 3.05. The summed E-state index contributed by atoms with van der Waals surface area (Å²) in [5.41, 5.74) is 0.849. The topological polar surface area (TPSA) is 12.9 Å². The molecule has 0 spiro atoms. The van der Waals surface area contributed by atoms with E-state index < -0.39 is 0 Å². The van der Waals surface area contributed by atoms with E-state index in [0.29, 0.717) is 0 Å². The van der Waals surface area contributed by atoms with Gasteiger partial charge in [0, 0.05) is 12.4 Å². The first-order valence-electron chi connectivity index (χ1n) is 3.94. The summed E-state index contributed by atoms with van der Waals surface area (Å²) in [6.45, 7) is 4.00. The van der Waals surface area contributed by atoms with E-state index in [0.717, 1.165) is 15.5 Å². The van der Waals surface area contributed by atoms with Crippen molar-refractivity contribution in [3.05, 3.63) is 23.8 Å². The summed E-state index contributed by atoms with van der Waals surface area (Å²) < 4.78 is 1.15. The fourth-order valence-electron chi connectivity index (χ4n) is 0.903. The van der Waals surface area contributed by atoms with Gasteiger partial charge in [-0.05, 0) is 16.8 Å². The molecule has 0 aliphatic heterocycles. The Hall–Kier alpha value is -0.825. The Balaban J connectivity index is 0.000000336. The van der Waals surface area contributed by atoms with Crippen LogP contribution in [0.2, 0.25) is 0 Å². The van der Waals surface area contributed by atoms with Crippen LogP contribution in [-0.2, 0) is 0 Å². The molecule has 0 aliphatic rings. The minimum atomic E-state index is 0.849. The highest BCUT2D eigenvalue weighted by molar-refractivity contribution is 7.18. The molecule has 0 unspecified atom stereocenters. The number of thiophene rings is 1. The second-order valence-corrected chi connectivity index (χ2v) is 2.97. The smallest absolute Gasteiger partial charge is 0.115 e. The van der Waals surface area contributed by atoms with Crippen LogP contribution in [0.15, 0.2) is 23.8 Å². The van der Waals surface area contributed by atoms with Crippen LogP contribution in [-0.4, -0.2) is 12.8 Å². The van der Waals surface area contributed by atoms with Gasteiger partial charge in [0.25, 0.3) is 0 Å². The van der Waals surface area contributed by atoms with Gasteiger partial charge in [-0.3, -0.25) is 4.98 Å². The third-order valence-electron chi connectivity index (χ3n) is 1.41. The van der Waals surface area contributed by atoms with Crippen LogP contribution in [0.5, 0.6) is 0 Å². The Morgan fingerprint density at radius 1 is 1.42 bits per heavy atom. The molecule has 0 aromatic carbocycles. The van der Waals surface area contributed by atoms with Crippen molar-refractivity contribution in [2.24, 2.45) is 0 Å². The van der Waals surface area contributed by atoms with E-state index in [1.54, 1.807) is 17.5 Å². The Morgan fingerprint density at radius 2 is 2.17 bits per heavy atom. The van der Waals surface area contributed by atoms with E-state index in [1.165, 1.54) is 0 Å². The van der Waals surface area contributed by atoms with Crippen molar-refractivity contribution in [2.75, 3.05) is 0 Å². The summed E-state index contributed by atoms with van der Waals surface area (Å²) in [7, 11) is 5.66. The average molecular weight is 175 g/mol. The number of rotatable bonds is 0. The van der Waals surface area contributed by atoms with Crippen molar-refractivity contribution < 1.29 is 0 Å². The molecule has 12 heavy (non-hydrogen) atoms. The molecule has 0 atom stereocenters. The lowest BCUT2D eigenvalue weighted by atomic mass is 9.97. The van der Waals surface area contributed by atoms with Crippen LogP contribution in [0.25, 0.3) is 10.1 Å². The molecule has 2 radical (unpaired) electrons. The predicted octanol–water partition coefficient (Wildman–Crippen LogP) is 2.12. The van der Waals surface area contributed by atoms with Crippen LogP contribution in [0.3, 0.4) is 0 Å². The molecule has 0 saturated carbocycles. The van der Waals surface area contributed by atoms with Gasteiger partial charge >= 0.3 is 0 Å². The van der Waals surface area contributed by atoms with Crippen LogP contribution >= 0.6 is 11.3 Å². The van der Waals surface area contributed by atoms with E-state index in [1.807, 2.05) is 31.5 Å². The first kappa shape index (κ1) is 9.26. The SMILES string of the molecule is CC.[B]c1csc2cnccc12. The van der Waals surface area contributed by atoms with E-state index in [2.05, 4.69) is 4.98 Å². The molecule has 0 amide bonds. The second kappa shape index (κ2) is 4.26. The summed E-state index contributed by atoms with van der Waals surface area (Å²) in [4.78, 5) is 3.98. The maximum absolute atomic E-state index is 5.66. The molecule has 3 heteroatoms. The van der Waals surface area contributed by atoms with Crippen LogP contribution < -0.4 is 5.46 Å². The molecule has 0 bridgehead atoms. The Bertz CT molecular complexity index is 356. The van der Waals surface area contributed by atoms with Gasteiger partial charge in [0.15, 0.2) is 0 Å². The Labute approximate surface area is 77.9 Å². The molecule has 2 aromatic heterocycles. The standard InChI is InChI=1S/C7H4BNS.C2H6/c8-6-4-10-7-3-9-2-1-5(6)7;1-2/h1-4H;1-2H3. The summed E-state index contributed by atoms with van der Waals surface area (Å²) in [6.07, 6.45) is 3.59. The van der Waals surface area contributed by atoms with Crippen molar-refractivity contribution in [1.82, 2.24) is 4.98 Å². The van der Waals surface area contributed by atoms with Gasteiger partial charge in [-0.25, -0.2) is 0 Å². The minimum absolute atomic E-state index is 0.849. The highest BCUT2D eigenvalue weighted by atomic mass is 32.1. The number of fused-ring (bicyclic) bond motifs is 1. The fourth-order valence-corrected chi connectivity index (χ4v) is 1.72. The molecule has 60 valence electrons. The third-order valence-corrected chi connectivity index (χ3v) is 2.36. The number of hydrogen-bond acceptors (Lipinski definition) is 2. The quantitative estimate of drug-likeness (QED) is 0.559.